The molecular weight excluding hydrogens is 272 g/mol. The smallest absolute Gasteiger partial charge is 0.321 e. The van der Waals surface area contributed by atoms with Crippen LogP contribution in [0.1, 0.15) is 12.8 Å². The molecule has 1 aromatic rings. The van der Waals surface area contributed by atoms with Gasteiger partial charge in [-0.25, -0.2) is 14.8 Å². The quantitative estimate of drug-likeness (QED) is 0.832. The Kier molecular flexibility index (Phi) is 4.56. The van der Waals surface area contributed by atoms with Crippen molar-refractivity contribution in [3.63, 3.8) is 0 Å². The first-order chi connectivity index (χ1) is 9.97. The van der Waals surface area contributed by atoms with Gasteiger partial charge in [0.2, 0.25) is 11.9 Å². The number of anilines is 2. The number of aromatic nitrogens is 2. The maximum absolute atomic E-state index is 12.2. The fourth-order valence-electron chi connectivity index (χ4n) is 2.21. The topological polar surface area (TPSA) is 104 Å². The van der Waals surface area contributed by atoms with E-state index < -0.39 is 0 Å². The fourth-order valence-corrected chi connectivity index (χ4v) is 2.21. The largest absolute Gasteiger partial charge is 0.369 e. The zero-order valence-electron chi connectivity index (χ0n) is 12.2. The standard InChI is InChI=1S/C13H20N6O2/c1-18(2)12-15-6-10(7-16-12)17-13(21)19-5-3-4-9(8-19)11(14)20/h6-7,9H,3-5,8H2,1-2H3,(H2,14,20)(H,17,21)/t9-/m1/s1. The highest BCUT2D eigenvalue weighted by atomic mass is 16.2. The normalized spacial score (nSPS) is 18.2. The van der Waals surface area contributed by atoms with E-state index in [9.17, 15) is 9.59 Å². The van der Waals surface area contributed by atoms with Gasteiger partial charge in [0.15, 0.2) is 0 Å². The molecule has 0 bridgehead atoms. The Labute approximate surface area is 123 Å². The van der Waals surface area contributed by atoms with Crippen LogP contribution >= 0.6 is 0 Å². The van der Waals surface area contributed by atoms with Crippen LogP contribution in [0, 0.1) is 5.92 Å². The van der Waals surface area contributed by atoms with Gasteiger partial charge in [0.1, 0.15) is 0 Å². The lowest BCUT2D eigenvalue weighted by atomic mass is 9.98. The Hall–Kier alpha value is -2.38. The second-order valence-electron chi connectivity index (χ2n) is 5.28. The summed E-state index contributed by atoms with van der Waals surface area (Å²) in [5.41, 5.74) is 5.83. The molecule has 1 aromatic heterocycles. The number of amides is 3. The zero-order valence-corrected chi connectivity index (χ0v) is 12.2. The van der Waals surface area contributed by atoms with Crippen LogP contribution in [-0.2, 0) is 4.79 Å². The van der Waals surface area contributed by atoms with Crippen LogP contribution in [-0.4, -0.2) is 54.0 Å². The number of rotatable bonds is 3. The van der Waals surface area contributed by atoms with Gasteiger partial charge in [-0.2, -0.15) is 0 Å². The van der Waals surface area contributed by atoms with E-state index in [1.165, 1.54) is 0 Å². The zero-order chi connectivity index (χ0) is 15.4. The summed E-state index contributed by atoms with van der Waals surface area (Å²) in [6, 6.07) is -0.262. The number of primary amides is 1. The van der Waals surface area contributed by atoms with E-state index in [0.29, 0.717) is 24.7 Å². The van der Waals surface area contributed by atoms with E-state index in [-0.39, 0.29) is 17.9 Å². The molecule has 1 saturated heterocycles. The predicted octanol–water partition coefficient (Wildman–Crippen LogP) is 0.272. The predicted molar refractivity (Wildman–Crippen MR) is 78.9 cm³/mol. The van der Waals surface area contributed by atoms with Crippen molar-refractivity contribution in [1.82, 2.24) is 14.9 Å². The number of nitrogens with two attached hydrogens (primary N) is 1. The van der Waals surface area contributed by atoms with E-state index in [2.05, 4.69) is 15.3 Å². The first kappa shape index (κ1) is 15.0. The molecule has 2 heterocycles. The number of hydrogen-bond donors (Lipinski definition) is 2. The monoisotopic (exact) mass is 292 g/mol. The highest BCUT2D eigenvalue weighted by molar-refractivity contribution is 5.89. The second kappa shape index (κ2) is 6.38. The van der Waals surface area contributed by atoms with Crippen molar-refractivity contribution >= 4 is 23.6 Å². The molecule has 1 aliphatic heterocycles. The van der Waals surface area contributed by atoms with Crippen molar-refractivity contribution in [3.8, 4) is 0 Å². The third kappa shape index (κ3) is 3.80. The number of urea groups is 1. The third-order valence-corrected chi connectivity index (χ3v) is 3.40. The van der Waals surface area contributed by atoms with Crippen LogP contribution < -0.4 is 16.0 Å². The van der Waals surface area contributed by atoms with Crippen LogP contribution in [0.4, 0.5) is 16.4 Å². The van der Waals surface area contributed by atoms with Crippen molar-refractivity contribution in [2.45, 2.75) is 12.8 Å². The van der Waals surface area contributed by atoms with Gasteiger partial charge in [0.05, 0.1) is 24.0 Å². The Bertz CT molecular complexity index is 516. The lowest BCUT2D eigenvalue weighted by Gasteiger charge is -2.31. The summed E-state index contributed by atoms with van der Waals surface area (Å²) in [6.45, 7) is 0.976. The molecule has 0 spiro atoms. The maximum atomic E-state index is 12.2. The average molecular weight is 292 g/mol. The van der Waals surface area contributed by atoms with E-state index in [0.717, 1.165) is 12.8 Å². The number of carbonyl (C=O) groups is 2. The Balaban J connectivity index is 1.96. The minimum atomic E-state index is -0.355. The molecule has 8 nitrogen and oxygen atoms in total. The highest BCUT2D eigenvalue weighted by Crippen LogP contribution is 2.17. The summed E-state index contributed by atoms with van der Waals surface area (Å²) in [5, 5.41) is 2.73. The van der Waals surface area contributed by atoms with Gasteiger partial charge < -0.3 is 20.9 Å². The first-order valence-electron chi connectivity index (χ1n) is 6.82. The van der Waals surface area contributed by atoms with E-state index in [4.69, 9.17) is 5.73 Å². The number of nitrogens with one attached hydrogen (secondary N) is 1. The molecule has 1 aliphatic rings. The van der Waals surface area contributed by atoms with Gasteiger partial charge in [0, 0.05) is 27.2 Å². The van der Waals surface area contributed by atoms with Crippen LogP contribution in [0.25, 0.3) is 0 Å². The summed E-state index contributed by atoms with van der Waals surface area (Å²) in [5.74, 6) is -0.0530. The molecular formula is C13H20N6O2. The van der Waals surface area contributed by atoms with Gasteiger partial charge in [-0.15, -0.1) is 0 Å². The molecule has 0 unspecified atom stereocenters. The van der Waals surface area contributed by atoms with Crippen molar-refractivity contribution in [2.24, 2.45) is 11.7 Å². The maximum Gasteiger partial charge on any atom is 0.321 e. The number of likely N-dealkylation sites (tertiary alicyclic amines) is 1. The van der Waals surface area contributed by atoms with E-state index >= 15 is 0 Å². The summed E-state index contributed by atoms with van der Waals surface area (Å²) in [4.78, 5) is 35.0. The second-order valence-corrected chi connectivity index (χ2v) is 5.28. The van der Waals surface area contributed by atoms with E-state index in [1.54, 1.807) is 22.2 Å². The van der Waals surface area contributed by atoms with Crippen molar-refractivity contribution in [1.29, 1.82) is 0 Å². The number of hydrogen-bond acceptors (Lipinski definition) is 5. The number of nitrogens with zero attached hydrogens (tertiary/aromatic N) is 4. The molecule has 8 heteroatoms. The number of piperidine rings is 1. The molecule has 1 atom stereocenters. The SMILES string of the molecule is CN(C)c1ncc(NC(=O)N2CCC[C@@H](C(N)=O)C2)cn1. The van der Waals surface area contributed by atoms with Crippen molar-refractivity contribution < 1.29 is 9.59 Å². The average Bonchev–Trinajstić information content (AvgIpc) is 2.48. The van der Waals surface area contributed by atoms with Crippen LogP contribution in [0.3, 0.4) is 0 Å². The van der Waals surface area contributed by atoms with Crippen molar-refractivity contribution in [2.75, 3.05) is 37.4 Å². The molecule has 1 fully saturated rings. The number of carbonyl (C=O) groups excluding carboxylic acids is 2. The summed E-state index contributed by atoms with van der Waals surface area (Å²) in [7, 11) is 3.68. The van der Waals surface area contributed by atoms with Gasteiger partial charge in [-0.1, -0.05) is 0 Å². The van der Waals surface area contributed by atoms with Gasteiger partial charge >= 0.3 is 6.03 Å². The minimum Gasteiger partial charge on any atom is -0.369 e. The molecule has 0 aliphatic carbocycles. The minimum absolute atomic E-state index is 0.262. The Morgan fingerprint density at radius 3 is 2.62 bits per heavy atom. The van der Waals surface area contributed by atoms with Gasteiger partial charge in [-0.3, -0.25) is 4.79 Å². The lowest BCUT2D eigenvalue weighted by molar-refractivity contribution is -0.123. The Morgan fingerprint density at radius 2 is 2.05 bits per heavy atom. The molecule has 21 heavy (non-hydrogen) atoms. The van der Waals surface area contributed by atoms with Gasteiger partial charge in [0.25, 0.3) is 0 Å². The van der Waals surface area contributed by atoms with Gasteiger partial charge in [-0.05, 0) is 12.8 Å². The third-order valence-electron chi connectivity index (χ3n) is 3.40. The molecule has 0 saturated carbocycles. The molecule has 0 radical (unpaired) electrons. The molecule has 114 valence electrons. The molecule has 3 N–H and O–H groups in total. The van der Waals surface area contributed by atoms with Crippen LogP contribution in [0.5, 0.6) is 0 Å². The molecule has 2 rings (SSSR count). The summed E-state index contributed by atoms with van der Waals surface area (Å²) >= 11 is 0. The molecule has 0 aromatic carbocycles. The summed E-state index contributed by atoms with van der Waals surface area (Å²) < 4.78 is 0. The Morgan fingerprint density at radius 1 is 1.38 bits per heavy atom. The van der Waals surface area contributed by atoms with Crippen LogP contribution in [0.2, 0.25) is 0 Å². The lowest BCUT2D eigenvalue weighted by Crippen LogP contribution is -2.45. The van der Waals surface area contributed by atoms with Crippen LogP contribution in [0.15, 0.2) is 12.4 Å². The van der Waals surface area contributed by atoms with Crippen molar-refractivity contribution in [3.05, 3.63) is 12.4 Å². The molecule has 3 amide bonds. The highest BCUT2D eigenvalue weighted by Gasteiger charge is 2.27. The summed E-state index contributed by atoms with van der Waals surface area (Å²) in [6.07, 6.45) is 4.61. The van der Waals surface area contributed by atoms with E-state index in [1.807, 2.05) is 14.1 Å². The first-order valence-corrected chi connectivity index (χ1v) is 6.82. The fraction of sp³-hybridized carbons (Fsp3) is 0.538.